The fraction of sp³-hybridized carbons (Fsp3) is 0.545. The van der Waals surface area contributed by atoms with E-state index in [1.807, 2.05) is 0 Å². The molecule has 0 unspecified atom stereocenters. The Balaban J connectivity index is 2.92. The van der Waals surface area contributed by atoms with Crippen molar-refractivity contribution in [1.82, 2.24) is 4.98 Å². The Morgan fingerprint density at radius 3 is 2.76 bits per heavy atom. The summed E-state index contributed by atoms with van der Waals surface area (Å²) in [5.41, 5.74) is 0.190. The van der Waals surface area contributed by atoms with Crippen LogP contribution in [0, 0.1) is 5.82 Å². The van der Waals surface area contributed by atoms with Crippen molar-refractivity contribution in [3.8, 4) is 0 Å². The molecule has 0 fully saturated rings. The maximum atomic E-state index is 13.9. The van der Waals surface area contributed by atoms with Gasteiger partial charge in [0.25, 0.3) is 0 Å². The van der Waals surface area contributed by atoms with Crippen molar-refractivity contribution in [3.05, 3.63) is 23.6 Å². The van der Waals surface area contributed by atoms with Crippen LogP contribution >= 0.6 is 0 Å². The molecule has 0 saturated carbocycles. The van der Waals surface area contributed by atoms with Gasteiger partial charge in [-0.05, 0) is 6.07 Å². The van der Waals surface area contributed by atoms with Crippen LogP contribution in [0.3, 0.4) is 0 Å². The molecule has 0 aliphatic carbocycles. The van der Waals surface area contributed by atoms with Crippen LogP contribution in [0.5, 0.6) is 0 Å². The standard InChI is InChI=1S/C11H17FN2O3/c1-17-7-5-14(4-6-15)11-10(12)9(8-16)2-3-13-11/h2-3,15-16H,4-8H2,1H3. The molecule has 0 bridgehead atoms. The van der Waals surface area contributed by atoms with E-state index in [4.69, 9.17) is 14.9 Å². The highest BCUT2D eigenvalue weighted by Crippen LogP contribution is 2.19. The van der Waals surface area contributed by atoms with Crippen LogP contribution in [0.15, 0.2) is 12.3 Å². The van der Waals surface area contributed by atoms with Crippen molar-refractivity contribution in [2.45, 2.75) is 6.61 Å². The van der Waals surface area contributed by atoms with E-state index in [1.54, 1.807) is 12.0 Å². The minimum atomic E-state index is -0.556. The minimum absolute atomic E-state index is 0.103. The van der Waals surface area contributed by atoms with Gasteiger partial charge in [-0.1, -0.05) is 0 Å². The first kappa shape index (κ1) is 13.8. The number of anilines is 1. The van der Waals surface area contributed by atoms with Gasteiger partial charge in [-0.15, -0.1) is 0 Å². The molecule has 0 spiro atoms. The van der Waals surface area contributed by atoms with E-state index >= 15 is 0 Å². The zero-order valence-electron chi connectivity index (χ0n) is 9.77. The Labute approximate surface area is 99.5 Å². The molecule has 1 aromatic rings. The van der Waals surface area contributed by atoms with Crippen molar-refractivity contribution in [3.63, 3.8) is 0 Å². The van der Waals surface area contributed by atoms with Crippen LogP contribution in [0.1, 0.15) is 5.56 Å². The average molecular weight is 244 g/mol. The number of aromatic nitrogens is 1. The summed E-state index contributed by atoms with van der Waals surface area (Å²) in [5, 5.41) is 17.9. The largest absolute Gasteiger partial charge is 0.395 e. The molecule has 0 amide bonds. The van der Waals surface area contributed by atoms with Crippen molar-refractivity contribution >= 4 is 5.82 Å². The molecule has 0 radical (unpaired) electrons. The summed E-state index contributed by atoms with van der Waals surface area (Å²) >= 11 is 0. The van der Waals surface area contributed by atoms with Crippen LogP contribution in [-0.2, 0) is 11.3 Å². The summed E-state index contributed by atoms with van der Waals surface area (Å²) in [5.74, 6) is -0.429. The molecule has 17 heavy (non-hydrogen) atoms. The van der Waals surface area contributed by atoms with Gasteiger partial charge in [-0.2, -0.15) is 0 Å². The van der Waals surface area contributed by atoms with Gasteiger partial charge < -0.3 is 19.8 Å². The van der Waals surface area contributed by atoms with Gasteiger partial charge >= 0.3 is 0 Å². The number of nitrogens with zero attached hydrogens (tertiary/aromatic N) is 2. The zero-order chi connectivity index (χ0) is 12.7. The molecule has 1 heterocycles. The highest BCUT2D eigenvalue weighted by Gasteiger charge is 2.15. The van der Waals surface area contributed by atoms with Crippen molar-refractivity contribution in [2.75, 3.05) is 38.3 Å². The highest BCUT2D eigenvalue weighted by atomic mass is 19.1. The second-order valence-corrected chi connectivity index (χ2v) is 3.47. The first-order chi connectivity index (χ1) is 8.24. The van der Waals surface area contributed by atoms with E-state index in [2.05, 4.69) is 4.98 Å². The number of ether oxygens (including phenoxy) is 1. The second-order valence-electron chi connectivity index (χ2n) is 3.47. The van der Waals surface area contributed by atoms with Crippen LogP contribution in [0.2, 0.25) is 0 Å². The number of hydrogen-bond acceptors (Lipinski definition) is 5. The number of hydrogen-bond donors (Lipinski definition) is 2. The maximum absolute atomic E-state index is 13.9. The number of aliphatic hydroxyl groups excluding tert-OH is 2. The monoisotopic (exact) mass is 244 g/mol. The van der Waals surface area contributed by atoms with Crippen molar-refractivity contribution < 1.29 is 19.3 Å². The molecular formula is C11H17FN2O3. The molecule has 0 atom stereocenters. The van der Waals surface area contributed by atoms with E-state index in [0.29, 0.717) is 13.2 Å². The van der Waals surface area contributed by atoms with Crippen LogP contribution in [-0.4, -0.2) is 48.6 Å². The van der Waals surface area contributed by atoms with E-state index < -0.39 is 5.82 Å². The lowest BCUT2D eigenvalue weighted by atomic mass is 10.2. The Morgan fingerprint density at radius 1 is 1.41 bits per heavy atom. The number of methoxy groups -OCH3 is 1. The van der Waals surface area contributed by atoms with Gasteiger partial charge in [0.2, 0.25) is 0 Å². The van der Waals surface area contributed by atoms with Crippen LogP contribution in [0.4, 0.5) is 10.2 Å². The summed E-state index contributed by atoms with van der Waals surface area (Å²) in [7, 11) is 1.55. The van der Waals surface area contributed by atoms with Crippen molar-refractivity contribution in [1.29, 1.82) is 0 Å². The molecule has 0 saturated heterocycles. The molecule has 96 valence electrons. The summed E-state index contributed by atoms with van der Waals surface area (Å²) in [4.78, 5) is 5.51. The topological polar surface area (TPSA) is 65.8 Å². The van der Waals surface area contributed by atoms with Gasteiger partial charge in [0, 0.05) is 32.0 Å². The predicted octanol–water partition coefficient (Wildman–Crippen LogP) is 0.158. The molecule has 1 rings (SSSR count). The highest BCUT2D eigenvalue weighted by molar-refractivity contribution is 5.42. The molecule has 1 aromatic heterocycles. The molecule has 0 aromatic carbocycles. The lowest BCUT2D eigenvalue weighted by molar-refractivity contribution is 0.202. The Bertz CT molecular complexity index is 349. The first-order valence-electron chi connectivity index (χ1n) is 5.33. The SMILES string of the molecule is COCCN(CCO)c1nccc(CO)c1F. The molecule has 5 nitrogen and oxygen atoms in total. The third-order valence-electron chi connectivity index (χ3n) is 2.36. The van der Waals surface area contributed by atoms with E-state index in [0.717, 1.165) is 0 Å². The quantitative estimate of drug-likeness (QED) is 0.715. The lowest BCUT2D eigenvalue weighted by Gasteiger charge is -2.23. The van der Waals surface area contributed by atoms with Crippen molar-refractivity contribution in [2.24, 2.45) is 0 Å². The normalized spacial score (nSPS) is 10.6. The third kappa shape index (κ3) is 3.62. The van der Waals surface area contributed by atoms with E-state index in [1.165, 1.54) is 12.3 Å². The minimum Gasteiger partial charge on any atom is -0.395 e. The fourth-order valence-electron chi connectivity index (χ4n) is 1.46. The molecular weight excluding hydrogens is 227 g/mol. The second kappa shape index (κ2) is 7.16. The Hall–Kier alpha value is -1.24. The Kier molecular flexibility index (Phi) is 5.82. The van der Waals surface area contributed by atoms with Crippen LogP contribution in [0.25, 0.3) is 0 Å². The maximum Gasteiger partial charge on any atom is 0.171 e. The van der Waals surface area contributed by atoms with Gasteiger partial charge in [0.1, 0.15) is 0 Å². The predicted molar refractivity (Wildman–Crippen MR) is 61.3 cm³/mol. The number of aliphatic hydroxyl groups is 2. The van der Waals surface area contributed by atoms with Gasteiger partial charge in [0.05, 0.1) is 19.8 Å². The summed E-state index contributed by atoms with van der Waals surface area (Å²) in [6.07, 6.45) is 1.43. The molecule has 6 heteroatoms. The van der Waals surface area contributed by atoms with E-state index in [-0.39, 0.29) is 31.1 Å². The van der Waals surface area contributed by atoms with Gasteiger partial charge in [-0.3, -0.25) is 0 Å². The Morgan fingerprint density at radius 2 is 2.18 bits per heavy atom. The smallest absolute Gasteiger partial charge is 0.171 e. The first-order valence-corrected chi connectivity index (χ1v) is 5.33. The number of rotatable bonds is 7. The molecule has 0 aliphatic heterocycles. The number of halogens is 1. The lowest BCUT2D eigenvalue weighted by Crippen LogP contribution is -2.32. The van der Waals surface area contributed by atoms with Gasteiger partial charge in [-0.25, -0.2) is 9.37 Å². The molecule has 0 aliphatic rings. The molecule has 2 N–H and O–H groups in total. The van der Waals surface area contributed by atoms with Gasteiger partial charge in [0.15, 0.2) is 11.6 Å². The third-order valence-corrected chi connectivity index (χ3v) is 2.36. The fourth-order valence-corrected chi connectivity index (χ4v) is 1.46. The summed E-state index contributed by atoms with van der Waals surface area (Å²) < 4.78 is 18.8. The zero-order valence-corrected chi connectivity index (χ0v) is 9.77. The van der Waals surface area contributed by atoms with Crippen LogP contribution < -0.4 is 4.90 Å². The average Bonchev–Trinajstić information content (AvgIpc) is 2.35. The number of pyridine rings is 1. The summed E-state index contributed by atoms with van der Waals surface area (Å²) in [6.45, 7) is 0.620. The summed E-state index contributed by atoms with van der Waals surface area (Å²) in [6, 6.07) is 1.42. The van der Waals surface area contributed by atoms with E-state index in [9.17, 15) is 4.39 Å².